The van der Waals surface area contributed by atoms with Crippen molar-refractivity contribution in [2.45, 2.75) is 40.7 Å². The van der Waals surface area contributed by atoms with Gasteiger partial charge in [-0.3, -0.25) is 4.79 Å². The van der Waals surface area contributed by atoms with Crippen LogP contribution >= 0.6 is 0 Å². The van der Waals surface area contributed by atoms with E-state index in [1.165, 1.54) is 0 Å². The van der Waals surface area contributed by atoms with E-state index >= 15 is 0 Å². The molecule has 14 heavy (non-hydrogen) atoms. The molecular formula is C11H19NO2. The van der Waals surface area contributed by atoms with Crippen molar-refractivity contribution < 1.29 is 9.53 Å². The van der Waals surface area contributed by atoms with Gasteiger partial charge in [-0.15, -0.1) is 0 Å². The highest BCUT2D eigenvalue weighted by Crippen LogP contribution is 2.25. The third-order valence-corrected chi connectivity index (χ3v) is 2.30. The molecule has 3 nitrogen and oxygen atoms in total. The quantitative estimate of drug-likeness (QED) is 0.735. The first kappa shape index (κ1) is 11.1. The van der Waals surface area contributed by atoms with Crippen LogP contribution in [-0.4, -0.2) is 12.0 Å². The molecule has 1 amide bonds. The summed E-state index contributed by atoms with van der Waals surface area (Å²) in [5.74, 6) is 1.49. The van der Waals surface area contributed by atoms with Gasteiger partial charge in [0.1, 0.15) is 5.76 Å². The topological polar surface area (TPSA) is 38.3 Å². The first-order chi connectivity index (χ1) is 6.43. The van der Waals surface area contributed by atoms with Gasteiger partial charge in [0.15, 0.2) is 6.10 Å². The summed E-state index contributed by atoms with van der Waals surface area (Å²) < 4.78 is 5.60. The number of amides is 1. The number of rotatable bonds is 2. The maximum absolute atomic E-state index is 11.4. The van der Waals surface area contributed by atoms with Crippen LogP contribution in [-0.2, 0) is 9.53 Å². The van der Waals surface area contributed by atoms with Crippen LogP contribution in [0.25, 0.3) is 0 Å². The minimum absolute atomic E-state index is 0.0434. The number of carbonyl (C=O) groups is 1. The van der Waals surface area contributed by atoms with E-state index in [0.29, 0.717) is 11.8 Å². The Morgan fingerprint density at radius 3 is 2.21 bits per heavy atom. The fourth-order valence-corrected chi connectivity index (χ4v) is 1.48. The molecule has 0 saturated carbocycles. The maximum atomic E-state index is 11.4. The fourth-order valence-electron chi connectivity index (χ4n) is 1.48. The lowest BCUT2D eigenvalue weighted by Gasteiger charge is -2.30. The molecule has 1 rings (SSSR count). The monoisotopic (exact) mass is 197 g/mol. The van der Waals surface area contributed by atoms with E-state index in [4.69, 9.17) is 4.74 Å². The molecule has 0 aromatic carbocycles. The average Bonchev–Trinajstić information content (AvgIpc) is 2.08. The molecule has 1 heterocycles. The van der Waals surface area contributed by atoms with Crippen LogP contribution in [0.3, 0.4) is 0 Å². The second kappa shape index (κ2) is 4.03. The third-order valence-electron chi connectivity index (χ3n) is 2.30. The molecule has 3 heteroatoms. The lowest BCUT2D eigenvalue weighted by atomic mass is 10.0. The summed E-state index contributed by atoms with van der Waals surface area (Å²) in [5.41, 5.74) is 0.933. The van der Waals surface area contributed by atoms with E-state index < -0.39 is 0 Å². The van der Waals surface area contributed by atoms with Crippen molar-refractivity contribution >= 4 is 5.91 Å². The van der Waals surface area contributed by atoms with E-state index in [1.54, 1.807) is 6.92 Å². The fraction of sp³-hybridized carbons (Fsp3) is 0.727. The molecule has 0 aromatic heterocycles. The molecule has 0 radical (unpaired) electrons. The molecule has 0 aromatic rings. The molecule has 80 valence electrons. The Morgan fingerprint density at radius 1 is 1.21 bits per heavy atom. The lowest BCUT2D eigenvalue weighted by molar-refractivity contribution is -0.131. The number of carbonyl (C=O) groups excluding carboxylic acids is 1. The van der Waals surface area contributed by atoms with Gasteiger partial charge in [0.25, 0.3) is 5.91 Å². The van der Waals surface area contributed by atoms with Gasteiger partial charge in [-0.25, -0.2) is 0 Å². The van der Waals surface area contributed by atoms with Crippen molar-refractivity contribution in [3.63, 3.8) is 0 Å². The molecule has 1 atom stereocenters. The van der Waals surface area contributed by atoms with Gasteiger partial charge in [0.05, 0.1) is 5.70 Å². The smallest absolute Gasteiger partial charge is 0.264 e. The van der Waals surface area contributed by atoms with Crippen molar-refractivity contribution in [1.29, 1.82) is 0 Å². The van der Waals surface area contributed by atoms with E-state index in [2.05, 4.69) is 33.0 Å². The van der Waals surface area contributed by atoms with Crippen molar-refractivity contribution in [3.8, 4) is 0 Å². The number of hydrogen-bond acceptors (Lipinski definition) is 2. The van der Waals surface area contributed by atoms with Gasteiger partial charge >= 0.3 is 0 Å². The zero-order valence-electron chi connectivity index (χ0n) is 9.55. The van der Waals surface area contributed by atoms with Gasteiger partial charge in [0.2, 0.25) is 0 Å². The molecule has 0 aliphatic carbocycles. The Balaban J connectivity index is 3.01. The number of allylic oxidation sites excluding steroid dienone is 2. The van der Waals surface area contributed by atoms with Crippen LogP contribution in [0.2, 0.25) is 0 Å². The Bertz CT molecular complexity index is 266. The highest BCUT2D eigenvalue weighted by molar-refractivity contribution is 5.83. The Morgan fingerprint density at radius 2 is 1.79 bits per heavy atom. The first-order valence-corrected chi connectivity index (χ1v) is 5.15. The van der Waals surface area contributed by atoms with Crippen molar-refractivity contribution in [1.82, 2.24) is 5.32 Å². The molecule has 1 aliphatic heterocycles. The van der Waals surface area contributed by atoms with E-state index in [-0.39, 0.29) is 12.0 Å². The summed E-state index contributed by atoms with van der Waals surface area (Å²) in [7, 11) is 0. The zero-order valence-corrected chi connectivity index (χ0v) is 9.55. The lowest BCUT2D eigenvalue weighted by Crippen LogP contribution is -2.41. The summed E-state index contributed by atoms with van der Waals surface area (Å²) in [6.07, 6.45) is -0.366. The molecular weight excluding hydrogens is 178 g/mol. The predicted octanol–water partition coefficient (Wildman–Crippen LogP) is 2.04. The Kier molecular flexibility index (Phi) is 3.19. The molecule has 0 fully saturated rings. The second-order valence-corrected chi connectivity index (χ2v) is 4.34. The SMILES string of the molecule is CC(C)C1=C(C(C)C)O[C@H](C)C(=O)N1. The number of hydrogen-bond donors (Lipinski definition) is 1. The highest BCUT2D eigenvalue weighted by atomic mass is 16.5. The van der Waals surface area contributed by atoms with Crippen LogP contribution in [0, 0.1) is 11.8 Å². The first-order valence-electron chi connectivity index (χ1n) is 5.15. The largest absolute Gasteiger partial charge is 0.483 e. The van der Waals surface area contributed by atoms with Crippen LogP contribution in [0.4, 0.5) is 0 Å². The van der Waals surface area contributed by atoms with Crippen molar-refractivity contribution in [2.24, 2.45) is 11.8 Å². The average molecular weight is 197 g/mol. The summed E-state index contributed by atoms with van der Waals surface area (Å²) in [6, 6.07) is 0. The normalized spacial score (nSPS) is 22.8. The van der Waals surface area contributed by atoms with Crippen molar-refractivity contribution in [2.75, 3.05) is 0 Å². The van der Waals surface area contributed by atoms with Crippen molar-refractivity contribution in [3.05, 3.63) is 11.5 Å². The van der Waals surface area contributed by atoms with E-state index in [0.717, 1.165) is 11.5 Å². The summed E-state index contributed by atoms with van der Waals surface area (Å²) >= 11 is 0. The van der Waals surface area contributed by atoms with E-state index in [1.807, 2.05) is 0 Å². The third kappa shape index (κ3) is 2.08. The Labute approximate surface area is 85.5 Å². The summed E-state index contributed by atoms with van der Waals surface area (Å²) in [4.78, 5) is 11.4. The highest BCUT2D eigenvalue weighted by Gasteiger charge is 2.28. The van der Waals surface area contributed by atoms with Crippen LogP contribution in [0.5, 0.6) is 0 Å². The predicted molar refractivity (Wildman–Crippen MR) is 55.4 cm³/mol. The van der Waals surface area contributed by atoms with E-state index in [9.17, 15) is 4.79 Å². The van der Waals surface area contributed by atoms with Gasteiger partial charge < -0.3 is 10.1 Å². The Hall–Kier alpha value is -0.990. The maximum Gasteiger partial charge on any atom is 0.264 e. The molecule has 0 bridgehead atoms. The minimum Gasteiger partial charge on any atom is -0.483 e. The van der Waals surface area contributed by atoms with Crippen LogP contribution in [0.15, 0.2) is 11.5 Å². The van der Waals surface area contributed by atoms with Crippen LogP contribution in [0.1, 0.15) is 34.6 Å². The van der Waals surface area contributed by atoms with Gasteiger partial charge in [-0.05, 0) is 12.8 Å². The van der Waals surface area contributed by atoms with Gasteiger partial charge in [-0.1, -0.05) is 27.7 Å². The number of nitrogens with one attached hydrogen (secondary N) is 1. The minimum atomic E-state index is -0.366. The molecule has 0 unspecified atom stereocenters. The summed E-state index contributed by atoms with van der Waals surface area (Å²) in [6.45, 7) is 10.0. The van der Waals surface area contributed by atoms with Gasteiger partial charge in [-0.2, -0.15) is 0 Å². The molecule has 1 aliphatic rings. The zero-order chi connectivity index (χ0) is 10.9. The molecule has 1 N–H and O–H groups in total. The summed E-state index contributed by atoms with van der Waals surface area (Å²) in [5, 5.41) is 2.91. The molecule has 0 spiro atoms. The second-order valence-electron chi connectivity index (χ2n) is 4.34. The van der Waals surface area contributed by atoms with Crippen LogP contribution < -0.4 is 5.32 Å². The number of ether oxygens (including phenoxy) is 1. The molecule has 0 saturated heterocycles. The van der Waals surface area contributed by atoms with Gasteiger partial charge in [0, 0.05) is 5.92 Å². The standard InChI is InChI=1S/C11H19NO2/c1-6(2)9-10(7(3)4)14-8(5)11(13)12-9/h6-8H,1-5H3,(H,12,13)/t8-/m1/s1.